The smallest absolute Gasteiger partial charge is 0.290 e. The van der Waals surface area contributed by atoms with Crippen molar-refractivity contribution in [1.29, 1.82) is 0 Å². The number of ether oxygens (including phenoxy) is 2. The lowest BCUT2D eigenvalue weighted by Gasteiger charge is -2.34. The number of rotatable bonds is 7. The molecule has 0 aliphatic carbocycles. The number of amides is 2. The molecule has 34 heavy (non-hydrogen) atoms. The molecular formula is C23H29N3O7S. The first-order valence-electron chi connectivity index (χ1n) is 11.4. The van der Waals surface area contributed by atoms with Crippen LogP contribution in [0.4, 0.5) is 5.69 Å². The van der Waals surface area contributed by atoms with Crippen LogP contribution in [-0.4, -0.2) is 74.9 Å². The van der Waals surface area contributed by atoms with Gasteiger partial charge in [-0.05, 0) is 56.5 Å². The molecule has 10 nitrogen and oxygen atoms in total. The predicted molar refractivity (Wildman–Crippen MR) is 123 cm³/mol. The molecule has 1 N–H and O–H groups in total. The molecule has 0 spiro atoms. The van der Waals surface area contributed by atoms with E-state index in [0.717, 1.165) is 12.8 Å². The summed E-state index contributed by atoms with van der Waals surface area (Å²) in [5.74, 6) is -0.315. The van der Waals surface area contributed by atoms with Crippen molar-refractivity contribution in [2.24, 2.45) is 0 Å². The van der Waals surface area contributed by atoms with Gasteiger partial charge in [0.1, 0.15) is 16.7 Å². The number of likely N-dealkylation sites (tertiary alicyclic amines) is 1. The fourth-order valence-corrected chi connectivity index (χ4v) is 5.77. The Morgan fingerprint density at radius 2 is 1.94 bits per heavy atom. The number of nitrogens with one attached hydrogen (secondary N) is 1. The third kappa shape index (κ3) is 5.11. The number of anilines is 1. The highest BCUT2D eigenvalue weighted by Gasteiger charge is 2.34. The van der Waals surface area contributed by atoms with Gasteiger partial charge in [-0.3, -0.25) is 9.59 Å². The summed E-state index contributed by atoms with van der Waals surface area (Å²) in [5, 5.41) is 2.80. The predicted octanol–water partition coefficient (Wildman–Crippen LogP) is 2.33. The van der Waals surface area contributed by atoms with E-state index in [1.807, 2.05) is 0 Å². The molecule has 2 aliphatic heterocycles. The van der Waals surface area contributed by atoms with E-state index >= 15 is 0 Å². The lowest BCUT2D eigenvalue weighted by atomic mass is 10.0. The normalized spacial score (nSPS) is 19.6. The summed E-state index contributed by atoms with van der Waals surface area (Å²) in [6, 6.07) is 7.07. The Morgan fingerprint density at radius 1 is 1.15 bits per heavy atom. The zero-order chi connectivity index (χ0) is 24.1. The summed E-state index contributed by atoms with van der Waals surface area (Å²) in [7, 11) is -3.85. The third-order valence-electron chi connectivity index (χ3n) is 5.90. The lowest BCUT2D eigenvalue weighted by Crippen LogP contribution is -2.50. The molecular weight excluding hydrogens is 462 g/mol. The fraction of sp³-hybridized carbons (Fsp3) is 0.478. The molecule has 2 aromatic rings. The summed E-state index contributed by atoms with van der Waals surface area (Å²) in [6.45, 7) is 3.64. The van der Waals surface area contributed by atoms with Gasteiger partial charge >= 0.3 is 0 Å². The molecule has 3 heterocycles. The third-order valence-corrected chi connectivity index (χ3v) is 7.82. The second-order valence-electron chi connectivity index (χ2n) is 8.09. The average Bonchev–Trinajstić information content (AvgIpc) is 3.40. The Hall–Kier alpha value is -2.89. The van der Waals surface area contributed by atoms with Crippen LogP contribution in [0, 0.1) is 0 Å². The summed E-state index contributed by atoms with van der Waals surface area (Å²) in [5.41, 5.74) is 0.316. The van der Waals surface area contributed by atoms with Crippen molar-refractivity contribution in [2.75, 3.05) is 44.8 Å². The SMILES string of the molecule is CCOc1ccc(NC(=O)C2CCCCN2C(=O)c2ccco2)cc1S(=O)(=O)N1CCOCC1. The van der Waals surface area contributed by atoms with Crippen LogP contribution in [0.2, 0.25) is 0 Å². The standard InChI is InChI=1S/C23H29N3O7S/c1-2-32-19-9-8-17(16-21(19)34(29,30)25-11-14-31-15-12-25)24-22(27)18-6-3-4-10-26(18)23(28)20-7-5-13-33-20/h5,7-9,13,16,18H,2-4,6,10-12,14-15H2,1H3,(H,24,27). The van der Waals surface area contributed by atoms with E-state index in [0.29, 0.717) is 38.5 Å². The van der Waals surface area contributed by atoms with Crippen LogP contribution in [0.25, 0.3) is 0 Å². The quantitative estimate of drug-likeness (QED) is 0.631. The molecule has 4 rings (SSSR count). The molecule has 0 radical (unpaired) electrons. The number of hydrogen-bond acceptors (Lipinski definition) is 7. The van der Waals surface area contributed by atoms with Gasteiger partial charge in [-0.25, -0.2) is 8.42 Å². The average molecular weight is 492 g/mol. The summed E-state index contributed by atoms with van der Waals surface area (Å²) >= 11 is 0. The van der Waals surface area contributed by atoms with Crippen molar-refractivity contribution in [2.45, 2.75) is 37.1 Å². The number of morpholine rings is 1. The Kier molecular flexibility index (Phi) is 7.54. The number of carbonyl (C=O) groups excluding carboxylic acids is 2. The molecule has 2 amide bonds. The highest BCUT2D eigenvalue weighted by molar-refractivity contribution is 7.89. The van der Waals surface area contributed by atoms with Gasteiger partial charge in [0.05, 0.1) is 26.1 Å². The van der Waals surface area contributed by atoms with Gasteiger partial charge in [0.25, 0.3) is 5.91 Å². The van der Waals surface area contributed by atoms with Crippen LogP contribution >= 0.6 is 0 Å². The number of furan rings is 1. The molecule has 1 aromatic carbocycles. The minimum Gasteiger partial charge on any atom is -0.492 e. The lowest BCUT2D eigenvalue weighted by molar-refractivity contribution is -0.121. The van der Waals surface area contributed by atoms with Crippen molar-refractivity contribution in [3.63, 3.8) is 0 Å². The van der Waals surface area contributed by atoms with Gasteiger partial charge in [0.2, 0.25) is 15.9 Å². The first-order valence-corrected chi connectivity index (χ1v) is 12.9. The van der Waals surface area contributed by atoms with E-state index in [2.05, 4.69) is 5.32 Å². The van der Waals surface area contributed by atoms with Crippen molar-refractivity contribution >= 4 is 27.5 Å². The zero-order valence-corrected chi connectivity index (χ0v) is 19.9. The highest BCUT2D eigenvalue weighted by atomic mass is 32.2. The number of carbonyl (C=O) groups is 2. The number of sulfonamides is 1. The van der Waals surface area contributed by atoms with Crippen LogP contribution in [0.1, 0.15) is 36.7 Å². The topological polar surface area (TPSA) is 118 Å². The van der Waals surface area contributed by atoms with Crippen molar-refractivity contribution < 1.29 is 31.9 Å². The molecule has 0 saturated carbocycles. The molecule has 2 saturated heterocycles. The number of hydrogen-bond donors (Lipinski definition) is 1. The van der Waals surface area contributed by atoms with Gasteiger partial charge in [-0.2, -0.15) is 4.31 Å². The van der Waals surface area contributed by atoms with Crippen molar-refractivity contribution in [1.82, 2.24) is 9.21 Å². The Bertz CT molecular complexity index is 1110. The Balaban J connectivity index is 1.57. The summed E-state index contributed by atoms with van der Waals surface area (Å²) in [6.07, 6.45) is 3.53. The zero-order valence-electron chi connectivity index (χ0n) is 19.1. The number of nitrogens with zero attached hydrogens (tertiary/aromatic N) is 2. The minimum absolute atomic E-state index is 0.0128. The first kappa shape index (κ1) is 24.2. The van der Waals surface area contributed by atoms with Crippen molar-refractivity contribution in [3.8, 4) is 5.75 Å². The maximum atomic E-state index is 13.3. The van der Waals surface area contributed by atoms with Crippen LogP contribution in [0.3, 0.4) is 0 Å². The van der Waals surface area contributed by atoms with Gasteiger partial charge in [0, 0.05) is 25.3 Å². The van der Waals surface area contributed by atoms with E-state index in [9.17, 15) is 18.0 Å². The fourth-order valence-electron chi connectivity index (χ4n) is 4.20. The van der Waals surface area contributed by atoms with E-state index in [1.54, 1.807) is 31.2 Å². The van der Waals surface area contributed by atoms with Crippen LogP contribution in [0.5, 0.6) is 5.75 Å². The Morgan fingerprint density at radius 3 is 2.65 bits per heavy atom. The second kappa shape index (κ2) is 10.6. The largest absolute Gasteiger partial charge is 0.492 e. The van der Waals surface area contributed by atoms with Gasteiger partial charge in [-0.15, -0.1) is 0 Å². The highest BCUT2D eigenvalue weighted by Crippen LogP contribution is 2.31. The molecule has 184 valence electrons. The summed E-state index contributed by atoms with van der Waals surface area (Å²) in [4.78, 5) is 27.5. The van der Waals surface area contributed by atoms with Crippen LogP contribution in [0.15, 0.2) is 45.9 Å². The molecule has 11 heteroatoms. The monoisotopic (exact) mass is 491 g/mol. The van der Waals surface area contributed by atoms with E-state index < -0.39 is 16.1 Å². The van der Waals surface area contributed by atoms with Crippen LogP contribution < -0.4 is 10.1 Å². The van der Waals surface area contributed by atoms with Gasteiger partial charge in [-0.1, -0.05) is 0 Å². The molecule has 0 bridgehead atoms. The Labute approximate surface area is 198 Å². The van der Waals surface area contributed by atoms with Gasteiger partial charge < -0.3 is 24.1 Å². The molecule has 1 aromatic heterocycles. The maximum absolute atomic E-state index is 13.3. The van der Waals surface area contributed by atoms with Crippen LogP contribution in [-0.2, 0) is 19.6 Å². The summed E-state index contributed by atoms with van der Waals surface area (Å²) < 4.78 is 44.0. The minimum atomic E-state index is -3.85. The number of piperidine rings is 1. The van der Waals surface area contributed by atoms with Crippen molar-refractivity contribution in [3.05, 3.63) is 42.4 Å². The molecule has 2 aliphatic rings. The molecule has 1 unspecified atom stereocenters. The first-order chi connectivity index (χ1) is 16.4. The molecule has 2 fully saturated rings. The second-order valence-corrected chi connectivity index (χ2v) is 9.99. The maximum Gasteiger partial charge on any atom is 0.290 e. The van der Waals surface area contributed by atoms with E-state index in [1.165, 1.54) is 21.5 Å². The van der Waals surface area contributed by atoms with E-state index in [4.69, 9.17) is 13.9 Å². The van der Waals surface area contributed by atoms with Gasteiger partial charge in [0.15, 0.2) is 5.76 Å². The molecule has 1 atom stereocenters. The van der Waals surface area contributed by atoms with E-state index in [-0.39, 0.29) is 41.3 Å². The number of benzene rings is 1.